The van der Waals surface area contributed by atoms with E-state index in [4.69, 9.17) is 0 Å². The quantitative estimate of drug-likeness (QED) is 0.762. The SMILES string of the molecule is CCCN(CC(F)(F)F)c1cc(Br)ccc1C=O. The molecule has 0 radical (unpaired) electrons. The molecule has 0 saturated carbocycles. The lowest BCUT2D eigenvalue weighted by Crippen LogP contribution is -2.35. The minimum absolute atomic E-state index is 0.247. The smallest absolute Gasteiger partial charge is 0.362 e. The fraction of sp³-hybridized carbons (Fsp3) is 0.417. The number of nitrogens with zero attached hydrogens (tertiary/aromatic N) is 1. The molecule has 0 amide bonds. The zero-order valence-electron chi connectivity index (χ0n) is 9.80. The van der Waals surface area contributed by atoms with Gasteiger partial charge in [0, 0.05) is 22.3 Å². The molecule has 0 aliphatic carbocycles. The predicted molar refractivity (Wildman–Crippen MR) is 68.1 cm³/mol. The number of hydrogen-bond donors (Lipinski definition) is 0. The van der Waals surface area contributed by atoms with Crippen LogP contribution < -0.4 is 4.90 Å². The van der Waals surface area contributed by atoms with E-state index >= 15 is 0 Å². The van der Waals surface area contributed by atoms with Crippen molar-refractivity contribution in [1.29, 1.82) is 0 Å². The lowest BCUT2D eigenvalue weighted by Gasteiger charge is -2.26. The molecule has 1 aromatic carbocycles. The van der Waals surface area contributed by atoms with E-state index in [0.717, 1.165) is 0 Å². The number of halogens is 4. The molecule has 0 atom stereocenters. The number of carbonyl (C=O) groups excluding carboxylic acids is 1. The average molecular weight is 324 g/mol. The second kappa shape index (κ2) is 6.22. The molecule has 0 aliphatic heterocycles. The molecule has 0 saturated heterocycles. The lowest BCUT2D eigenvalue weighted by atomic mass is 10.1. The fourth-order valence-corrected chi connectivity index (χ4v) is 2.01. The Kier molecular flexibility index (Phi) is 5.19. The molecule has 0 heterocycles. The molecular formula is C12H13BrF3NO. The molecule has 0 aliphatic rings. The zero-order valence-corrected chi connectivity index (χ0v) is 11.4. The van der Waals surface area contributed by atoms with Gasteiger partial charge in [0.05, 0.1) is 0 Å². The molecule has 0 N–H and O–H groups in total. The summed E-state index contributed by atoms with van der Waals surface area (Å²) >= 11 is 3.20. The van der Waals surface area contributed by atoms with Gasteiger partial charge >= 0.3 is 6.18 Å². The summed E-state index contributed by atoms with van der Waals surface area (Å²) in [7, 11) is 0. The first kappa shape index (κ1) is 15.0. The Morgan fingerprint density at radius 2 is 2.06 bits per heavy atom. The molecule has 2 nitrogen and oxygen atoms in total. The standard InChI is InChI=1S/C12H13BrF3NO/c1-2-5-17(8-12(14,15)16)11-6-10(13)4-3-9(11)7-18/h3-4,6-7H,2,5,8H2,1H3. The van der Waals surface area contributed by atoms with E-state index < -0.39 is 12.7 Å². The first-order chi connectivity index (χ1) is 8.37. The van der Waals surface area contributed by atoms with Gasteiger partial charge in [0.15, 0.2) is 6.29 Å². The third kappa shape index (κ3) is 4.33. The maximum atomic E-state index is 12.5. The zero-order chi connectivity index (χ0) is 13.8. The lowest BCUT2D eigenvalue weighted by molar-refractivity contribution is -0.119. The predicted octanol–water partition coefficient (Wildman–Crippen LogP) is 4.04. The highest BCUT2D eigenvalue weighted by Gasteiger charge is 2.31. The van der Waals surface area contributed by atoms with Gasteiger partial charge in [0.2, 0.25) is 0 Å². The largest absolute Gasteiger partial charge is 0.405 e. The van der Waals surface area contributed by atoms with Crippen molar-refractivity contribution < 1.29 is 18.0 Å². The van der Waals surface area contributed by atoms with Crippen LogP contribution in [-0.4, -0.2) is 25.6 Å². The van der Waals surface area contributed by atoms with Crippen molar-refractivity contribution in [3.8, 4) is 0 Å². The average Bonchev–Trinajstić information content (AvgIpc) is 2.26. The summed E-state index contributed by atoms with van der Waals surface area (Å²) in [5.74, 6) is 0. The molecule has 1 rings (SSSR count). The highest BCUT2D eigenvalue weighted by atomic mass is 79.9. The summed E-state index contributed by atoms with van der Waals surface area (Å²) in [5.41, 5.74) is 0.564. The van der Waals surface area contributed by atoms with Crippen molar-refractivity contribution in [2.45, 2.75) is 19.5 Å². The van der Waals surface area contributed by atoms with Crippen molar-refractivity contribution in [2.24, 2.45) is 0 Å². The normalized spacial score (nSPS) is 11.4. The van der Waals surface area contributed by atoms with Crippen LogP contribution in [0.25, 0.3) is 0 Å². The Hall–Kier alpha value is -1.04. The molecule has 0 spiro atoms. The third-order valence-electron chi connectivity index (χ3n) is 2.32. The van der Waals surface area contributed by atoms with Crippen LogP contribution in [0.5, 0.6) is 0 Å². The molecule has 1 aromatic rings. The summed E-state index contributed by atoms with van der Waals surface area (Å²) in [6, 6.07) is 4.67. The Bertz CT molecular complexity index is 420. The first-order valence-electron chi connectivity index (χ1n) is 5.44. The van der Waals surface area contributed by atoms with Crippen molar-refractivity contribution in [3.05, 3.63) is 28.2 Å². The maximum Gasteiger partial charge on any atom is 0.405 e. The van der Waals surface area contributed by atoms with E-state index in [-0.39, 0.29) is 12.1 Å². The number of benzene rings is 1. The molecule has 18 heavy (non-hydrogen) atoms. The Morgan fingerprint density at radius 1 is 1.39 bits per heavy atom. The second-order valence-corrected chi connectivity index (χ2v) is 4.77. The van der Waals surface area contributed by atoms with Crippen molar-refractivity contribution in [1.82, 2.24) is 0 Å². The van der Waals surface area contributed by atoms with Crippen LogP contribution in [0.3, 0.4) is 0 Å². The van der Waals surface area contributed by atoms with Gasteiger partial charge in [0.25, 0.3) is 0 Å². The van der Waals surface area contributed by atoms with Crippen LogP contribution in [0.1, 0.15) is 23.7 Å². The van der Waals surface area contributed by atoms with Gasteiger partial charge in [-0.2, -0.15) is 13.2 Å². The molecule has 0 fully saturated rings. The number of rotatable bonds is 5. The van der Waals surface area contributed by atoms with E-state index in [2.05, 4.69) is 15.9 Å². The van der Waals surface area contributed by atoms with Crippen LogP contribution in [0.15, 0.2) is 22.7 Å². The van der Waals surface area contributed by atoms with Gasteiger partial charge in [-0.15, -0.1) is 0 Å². The first-order valence-corrected chi connectivity index (χ1v) is 6.23. The van der Waals surface area contributed by atoms with E-state index in [1.54, 1.807) is 13.0 Å². The van der Waals surface area contributed by atoms with E-state index in [9.17, 15) is 18.0 Å². The van der Waals surface area contributed by atoms with E-state index in [1.807, 2.05) is 0 Å². The molecular weight excluding hydrogens is 311 g/mol. The number of aldehydes is 1. The molecule has 100 valence electrons. The van der Waals surface area contributed by atoms with Gasteiger partial charge in [-0.05, 0) is 24.6 Å². The number of alkyl halides is 3. The second-order valence-electron chi connectivity index (χ2n) is 3.86. The monoisotopic (exact) mass is 323 g/mol. The van der Waals surface area contributed by atoms with E-state index in [1.165, 1.54) is 17.0 Å². The Labute approximate surface area is 112 Å². The van der Waals surface area contributed by atoms with Gasteiger partial charge < -0.3 is 4.90 Å². The Morgan fingerprint density at radius 3 is 2.56 bits per heavy atom. The van der Waals surface area contributed by atoms with Gasteiger partial charge in [-0.1, -0.05) is 22.9 Å². The topological polar surface area (TPSA) is 20.3 Å². The highest BCUT2D eigenvalue weighted by molar-refractivity contribution is 9.10. The maximum absolute atomic E-state index is 12.5. The summed E-state index contributed by atoms with van der Waals surface area (Å²) < 4.78 is 38.2. The van der Waals surface area contributed by atoms with Gasteiger partial charge in [0.1, 0.15) is 6.54 Å². The molecule has 0 unspecified atom stereocenters. The van der Waals surface area contributed by atoms with Crippen molar-refractivity contribution >= 4 is 27.9 Å². The van der Waals surface area contributed by atoms with Gasteiger partial charge in [-0.3, -0.25) is 4.79 Å². The molecule has 0 bridgehead atoms. The molecule has 6 heteroatoms. The Balaban J connectivity index is 3.11. The highest BCUT2D eigenvalue weighted by Crippen LogP contribution is 2.27. The van der Waals surface area contributed by atoms with Crippen LogP contribution in [0.2, 0.25) is 0 Å². The van der Waals surface area contributed by atoms with E-state index in [0.29, 0.717) is 22.9 Å². The number of hydrogen-bond acceptors (Lipinski definition) is 2. The summed E-state index contributed by atoms with van der Waals surface area (Å²) in [6.07, 6.45) is -3.15. The summed E-state index contributed by atoms with van der Waals surface area (Å²) in [4.78, 5) is 12.1. The van der Waals surface area contributed by atoms with Crippen molar-refractivity contribution in [3.63, 3.8) is 0 Å². The summed E-state index contributed by atoms with van der Waals surface area (Å²) in [5, 5.41) is 0. The number of carbonyl (C=O) groups is 1. The minimum Gasteiger partial charge on any atom is -0.362 e. The third-order valence-corrected chi connectivity index (χ3v) is 2.82. The van der Waals surface area contributed by atoms with Crippen molar-refractivity contribution in [2.75, 3.05) is 18.0 Å². The van der Waals surface area contributed by atoms with Crippen LogP contribution in [0, 0.1) is 0 Å². The summed E-state index contributed by atoms with van der Waals surface area (Å²) in [6.45, 7) is 0.983. The minimum atomic E-state index is -4.29. The molecule has 0 aromatic heterocycles. The fourth-order valence-electron chi connectivity index (χ4n) is 1.66. The van der Waals surface area contributed by atoms with Crippen LogP contribution in [0.4, 0.5) is 18.9 Å². The number of anilines is 1. The van der Waals surface area contributed by atoms with Crippen LogP contribution >= 0.6 is 15.9 Å². The van der Waals surface area contributed by atoms with Crippen LogP contribution in [-0.2, 0) is 0 Å². The van der Waals surface area contributed by atoms with Gasteiger partial charge in [-0.25, -0.2) is 0 Å².